The summed E-state index contributed by atoms with van der Waals surface area (Å²) in [6.45, 7) is 0.335. The quantitative estimate of drug-likeness (QED) is 0.726. The van der Waals surface area contributed by atoms with Crippen molar-refractivity contribution in [3.63, 3.8) is 0 Å². The molecule has 15 heavy (non-hydrogen) atoms. The highest BCUT2D eigenvalue weighted by Crippen LogP contribution is 2.30. The van der Waals surface area contributed by atoms with Crippen LogP contribution in [-0.4, -0.2) is 17.4 Å². The molecule has 1 amide bonds. The summed E-state index contributed by atoms with van der Waals surface area (Å²) >= 11 is 1.37. The van der Waals surface area contributed by atoms with E-state index in [1.807, 2.05) is 0 Å². The van der Waals surface area contributed by atoms with Crippen LogP contribution in [0.25, 0.3) is 0 Å². The average Bonchev–Trinajstić information content (AvgIpc) is 2.99. The summed E-state index contributed by atoms with van der Waals surface area (Å²) in [7, 11) is 0. The van der Waals surface area contributed by atoms with Crippen molar-refractivity contribution in [3.05, 3.63) is 11.1 Å². The Labute approximate surface area is 91.9 Å². The number of nitrogens with one attached hydrogen (secondary N) is 1. The van der Waals surface area contributed by atoms with Gasteiger partial charge in [0.2, 0.25) is 5.91 Å². The number of hydrogen-bond acceptors (Lipinski definition) is 4. The predicted octanol–water partition coefficient (Wildman–Crippen LogP) is 0.802. The lowest BCUT2D eigenvalue weighted by molar-refractivity contribution is -0.117. The highest BCUT2D eigenvalue weighted by molar-refractivity contribution is 7.16. The molecule has 0 aromatic carbocycles. The minimum atomic E-state index is 0.0719. The Morgan fingerprint density at radius 2 is 2.53 bits per heavy atom. The van der Waals surface area contributed by atoms with Crippen LogP contribution in [-0.2, 0) is 4.79 Å². The molecule has 4 nitrogen and oxygen atoms in total. The van der Waals surface area contributed by atoms with Gasteiger partial charge in [0.1, 0.15) is 0 Å². The Morgan fingerprint density at radius 1 is 1.73 bits per heavy atom. The van der Waals surface area contributed by atoms with E-state index in [2.05, 4.69) is 22.1 Å². The van der Waals surface area contributed by atoms with Crippen molar-refractivity contribution in [2.75, 3.05) is 11.9 Å². The molecule has 1 aromatic heterocycles. The molecule has 5 heteroatoms. The number of aromatic nitrogens is 1. The summed E-state index contributed by atoms with van der Waals surface area (Å²) in [5.74, 6) is 5.89. The molecule has 2 rings (SSSR count). The van der Waals surface area contributed by atoms with Crippen molar-refractivity contribution >= 4 is 22.4 Å². The lowest BCUT2D eigenvalue weighted by atomic mass is 10.4. The summed E-state index contributed by atoms with van der Waals surface area (Å²) in [4.78, 5) is 16.3. The van der Waals surface area contributed by atoms with Gasteiger partial charge in [0.25, 0.3) is 0 Å². The van der Waals surface area contributed by atoms with E-state index in [9.17, 15) is 4.79 Å². The zero-order chi connectivity index (χ0) is 10.7. The topological polar surface area (TPSA) is 68.0 Å². The predicted molar refractivity (Wildman–Crippen MR) is 59.4 cm³/mol. The van der Waals surface area contributed by atoms with Crippen LogP contribution < -0.4 is 11.1 Å². The number of thiazole rings is 1. The molecule has 0 bridgehead atoms. The zero-order valence-corrected chi connectivity index (χ0v) is 8.93. The number of carbonyl (C=O) groups excluding carboxylic acids is 1. The molecule has 1 aliphatic carbocycles. The summed E-state index contributed by atoms with van der Waals surface area (Å²) in [5.41, 5.74) is 5.25. The molecule has 0 unspecified atom stereocenters. The molecule has 1 heterocycles. The molecule has 0 aliphatic heterocycles. The van der Waals surface area contributed by atoms with Crippen molar-refractivity contribution in [2.45, 2.75) is 12.8 Å². The number of nitrogens with zero attached hydrogens (tertiary/aromatic N) is 1. The number of nitrogens with two attached hydrogens (primary N) is 1. The molecule has 0 spiro atoms. The van der Waals surface area contributed by atoms with E-state index in [0.717, 1.165) is 17.7 Å². The normalized spacial score (nSPS) is 14.2. The zero-order valence-electron chi connectivity index (χ0n) is 8.12. The fraction of sp³-hybridized carbons (Fsp3) is 0.400. The summed E-state index contributed by atoms with van der Waals surface area (Å²) in [5, 5.41) is 3.39. The van der Waals surface area contributed by atoms with Crippen LogP contribution in [0.5, 0.6) is 0 Å². The minimum Gasteiger partial charge on any atom is -0.320 e. The van der Waals surface area contributed by atoms with E-state index >= 15 is 0 Å². The smallest absolute Gasteiger partial charge is 0.229 e. The van der Waals surface area contributed by atoms with Gasteiger partial charge in [-0.2, -0.15) is 0 Å². The van der Waals surface area contributed by atoms with E-state index in [0.29, 0.717) is 11.7 Å². The Kier molecular flexibility index (Phi) is 2.99. The maximum absolute atomic E-state index is 11.4. The molecule has 0 radical (unpaired) electrons. The van der Waals surface area contributed by atoms with E-state index in [4.69, 9.17) is 5.73 Å². The van der Waals surface area contributed by atoms with Crippen LogP contribution in [0, 0.1) is 17.8 Å². The first-order chi connectivity index (χ1) is 7.29. The van der Waals surface area contributed by atoms with Crippen LogP contribution in [0.15, 0.2) is 6.20 Å². The largest absolute Gasteiger partial charge is 0.320 e. The molecule has 1 aromatic rings. The average molecular weight is 221 g/mol. The van der Waals surface area contributed by atoms with Gasteiger partial charge in [-0.1, -0.05) is 23.2 Å². The van der Waals surface area contributed by atoms with Gasteiger partial charge in [-0.05, 0) is 12.8 Å². The summed E-state index contributed by atoms with van der Waals surface area (Å²) < 4.78 is 0. The molecule has 1 aliphatic rings. The van der Waals surface area contributed by atoms with Crippen molar-refractivity contribution in [1.82, 2.24) is 4.98 Å². The molecular weight excluding hydrogens is 210 g/mol. The number of amides is 1. The second-order valence-electron chi connectivity index (χ2n) is 3.30. The van der Waals surface area contributed by atoms with Gasteiger partial charge in [0.15, 0.2) is 5.13 Å². The van der Waals surface area contributed by atoms with Crippen LogP contribution in [0.4, 0.5) is 5.13 Å². The van der Waals surface area contributed by atoms with E-state index in [-0.39, 0.29) is 11.8 Å². The first kappa shape index (κ1) is 10.1. The van der Waals surface area contributed by atoms with Crippen LogP contribution in [0.3, 0.4) is 0 Å². The standard InChI is InChI=1S/C10H11N3OS/c11-5-1-2-8-6-12-10(15-8)13-9(14)7-3-4-7/h6-7H,3-5,11H2,(H,12,13,14). The molecule has 0 saturated heterocycles. The van der Waals surface area contributed by atoms with E-state index in [1.54, 1.807) is 6.20 Å². The summed E-state index contributed by atoms with van der Waals surface area (Å²) in [6.07, 6.45) is 3.64. The molecule has 3 N–H and O–H groups in total. The van der Waals surface area contributed by atoms with Gasteiger partial charge >= 0.3 is 0 Å². The molecule has 1 saturated carbocycles. The lowest BCUT2D eigenvalue weighted by Crippen LogP contribution is -2.12. The van der Waals surface area contributed by atoms with Gasteiger partial charge < -0.3 is 11.1 Å². The van der Waals surface area contributed by atoms with Gasteiger partial charge in [-0.3, -0.25) is 4.79 Å². The maximum Gasteiger partial charge on any atom is 0.229 e. The first-order valence-corrected chi connectivity index (χ1v) is 5.57. The highest BCUT2D eigenvalue weighted by Gasteiger charge is 2.29. The molecule has 1 fully saturated rings. The van der Waals surface area contributed by atoms with Crippen LogP contribution in [0.1, 0.15) is 17.7 Å². The fourth-order valence-corrected chi connectivity index (χ4v) is 1.77. The number of rotatable bonds is 2. The number of anilines is 1. The monoisotopic (exact) mass is 221 g/mol. The van der Waals surface area contributed by atoms with Crippen molar-refractivity contribution in [2.24, 2.45) is 11.7 Å². The van der Waals surface area contributed by atoms with Gasteiger partial charge in [0.05, 0.1) is 17.6 Å². The van der Waals surface area contributed by atoms with Gasteiger partial charge in [-0.15, -0.1) is 0 Å². The van der Waals surface area contributed by atoms with Gasteiger partial charge in [0, 0.05) is 5.92 Å². The van der Waals surface area contributed by atoms with Crippen LogP contribution >= 0.6 is 11.3 Å². The molecule has 78 valence electrons. The third-order valence-electron chi connectivity index (χ3n) is 2.00. The van der Waals surface area contributed by atoms with Crippen molar-refractivity contribution in [1.29, 1.82) is 0 Å². The van der Waals surface area contributed by atoms with Crippen molar-refractivity contribution in [3.8, 4) is 11.8 Å². The second kappa shape index (κ2) is 4.43. The van der Waals surface area contributed by atoms with Crippen molar-refractivity contribution < 1.29 is 4.79 Å². The lowest BCUT2D eigenvalue weighted by Gasteiger charge is -1.96. The maximum atomic E-state index is 11.4. The minimum absolute atomic E-state index is 0.0719. The number of hydrogen-bond donors (Lipinski definition) is 2. The Morgan fingerprint density at radius 3 is 3.20 bits per heavy atom. The highest BCUT2D eigenvalue weighted by atomic mass is 32.1. The van der Waals surface area contributed by atoms with Gasteiger partial charge in [-0.25, -0.2) is 4.98 Å². The Bertz CT molecular complexity index is 425. The van der Waals surface area contributed by atoms with E-state index < -0.39 is 0 Å². The number of carbonyl (C=O) groups is 1. The Balaban J connectivity index is 1.97. The molecule has 0 atom stereocenters. The SMILES string of the molecule is NCC#Cc1cnc(NC(=O)C2CC2)s1. The summed E-state index contributed by atoms with van der Waals surface area (Å²) in [6, 6.07) is 0. The van der Waals surface area contributed by atoms with Crippen LogP contribution in [0.2, 0.25) is 0 Å². The van der Waals surface area contributed by atoms with E-state index in [1.165, 1.54) is 11.3 Å². The first-order valence-electron chi connectivity index (χ1n) is 4.75. The third-order valence-corrected chi connectivity index (χ3v) is 2.83. The second-order valence-corrected chi connectivity index (χ2v) is 4.33. The third kappa shape index (κ3) is 2.78. The fourth-order valence-electron chi connectivity index (χ4n) is 1.08. The Hall–Kier alpha value is -1.38. The molecular formula is C10H11N3OS.